The van der Waals surface area contributed by atoms with E-state index in [1.807, 2.05) is 37.4 Å². The van der Waals surface area contributed by atoms with Gasteiger partial charge in [-0.05, 0) is 98.9 Å². The van der Waals surface area contributed by atoms with Crippen LogP contribution in [0.4, 0.5) is 0 Å². The van der Waals surface area contributed by atoms with E-state index in [9.17, 15) is 40.2 Å². The third-order valence-electron chi connectivity index (χ3n) is 16.1. The van der Waals surface area contributed by atoms with Crippen LogP contribution in [0, 0.1) is 57.7 Å². The number of allylic oxidation sites excluding steroid dienone is 2. The Morgan fingerprint density at radius 1 is 1.06 bits per heavy atom. The number of fused-ring (bicyclic) bond motifs is 4. The number of nitrogens with one attached hydrogen (secondary N) is 1. The number of rotatable bonds is 4. The summed E-state index contributed by atoms with van der Waals surface area (Å²) < 4.78 is 6.17. The van der Waals surface area contributed by atoms with Gasteiger partial charge < -0.3 is 45.5 Å². The van der Waals surface area contributed by atoms with Crippen molar-refractivity contribution in [2.24, 2.45) is 45.8 Å². The number of aliphatic hydroxyl groups excluding tert-OH is 3. The lowest BCUT2D eigenvalue weighted by atomic mass is 9.33. The van der Waals surface area contributed by atoms with E-state index in [0.717, 1.165) is 23.0 Å². The minimum atomic E-state index is -1.83. The molecule has 0 aromatic heterocycles. The lowest BCUT2D eigenvalue weighted by Gasteiger charge is -2.73. The number of hydrogen-bond acceptors (Lipinski definition) is 10. The standard InChI is InChI=1S/C41H49NO9/c1-42-32-15-29-23(6-4-7-25(29)20-43)5-2-3-10-36-17-24-8-9-26-13-28(46)19-37(48)11-12-40(49,35(24)39(26,37)22-45)41(36,50)18-27-14-30(32)34-31(16-33(47)51-34)38(27,36)21-44/h4,6-9,16,22,24,26-28,30,32,34-35,42-44,46,48-50H,3,10-15,17-21H2,1H3. The summed E-state index contributed by atoms with van der Waals surface area (Å²) in [5.74, 6) is 3.85. The summed E-state index contributed by atoms with van der Waals surface area (Å²) in [6.45, 7) is -0.513. The summed E-state index contributed by atoms with van der Waals surface area (Å²) in [5.41, 5.74) is -5.77. The molecule has 5 saturated carbocycles. The highest BCUT2D eigenvalue weighted by molar-refractivity contribution is 5.87. The van der Waals surface area contributed by atoms with Crippen LogP contribution in [0.3, 0.4) is 0 Å². The van der Waals surface area contributed by atoms with E-state index < -0.39 is 69.0 Å². The number of likely N-dealkylation sites (N-methyl/N-ethyl adjacent to an activating group) is 1. The molecule has 9 aliphatic rings. The minimum Gasteiger partial charge on any atom is -0.454 e. The Hall–Kier alpha value is -2.88. The summed E-state index contributed by atoms with van der Waals surface area (Å²) in [5, 5.41) is 76.2. The molecule has 10 heteroatoms. The molecule has 14 unspecified atom stereocenters. The third kappa shape index (κ3) is 3.84. The number of ether oxygens (including phenoxy) is 1. The Morgan fingerprint density at radius 3 is 2.63 bits per heavy atom. The number of aliphatic hydroxyl groups is 6. The van der Waals surface area contributed by atoms with Crippen LogP contribution >= 0.6 is 0 Å². The molecule has 272 valence electrons. The first kappa shape index (κ1) is 33.9. The Labute approximate surface area is 298 Å². The Morgan fingerprint density at radius 2 is 1.88 bits per heavy atom. The third-order valence-corrected chi connectivity index (χ3v) is 16.1. The summed E-state index contributed by atoms with van der Waals surface area (Å²) in [7, 11) is 1.87. The first-order chi connectivity index (χ1) is 24.4. The van der Waals surface area contributed by atoms with Crippen LogP contribution in [0.5, 0.6) is 0 Å². The van der Waals surface area contributed by atoms with Crippen LogP contribution in [-0.2, 0) is 27.4 Å². The molecule has 5 fully saturated rings. The zero-order valence-corrected chi connectivity index (χ0v) is 29.1. The maximum absolute atomic E-state index is 13.8. The molecule has 14 atom stereocenters. The number of esters is 1. The van der Waals surface area contributed by atoms with Gasteiger partial charge in [0.15, 0.2) is 0 Å². The Kier molecular flexibility index (Phi) is 7.37. The quantitative estimate of drug-likeness (QED) is 0.105. The van der Waals surface area contributed by atoms with Gasteiger partial charge in [-0.15, -0.1) is 0 Å². The van der Waals surface area contributed by atoms with E-state index in [-0.39, 0.29) is 63.2 Å². The maximum atomic E-state index is 13.8. The van der Waals surface area contributed by atoms with Crippen molar-refractivity contribution in [3.8, 4) is 11.8 Å². The average molecular weight is 700 g/mol. The number of benzene rings is 1. The van der Waals surface area contributed by atoms with E-state index in [0.29, 0.717) is 37.7 Å². The van der Waals surface area contributed by atoms with Crippen molar-refractivity contribution in [3.05, 3.63) is 58.7 Å². The van der Waals surface area contributed by atoms with Crippen LogP contribution in [0.15, 0.2) is 42.0 Å². The van der Waals surface area contributed by atoms with Crippen molar-refractivity contribution >= 4 is 12.3 Å². The van der Waals surface area contributed by atoms with Gasteiger partial charge >= 0.3 is 5.97 Å². The van der Waals surface area contributed by atoms with Crippen LogP contribution in [0.1, 0.15) is 74.5 Å². The Bertz CT molecular complexity index is 1810. The molecule has 10 rings (SSSR count). The summed E-state index contributed by atoms with van der Waals surface area (Å²) in [6.07, 6.45) is 7.22. The molecule has 1 spiro atoms. The molecule has 51 heavy (non-hydrogen) atoms. The first-order valence-electron chi connectivity index (χ1n) is 18.8. The molecule has 7 N–H and O–H groups in total. The van der Waals surface area contributed by atoms with Gasteiger partial charge in [-0.1, -0.05) is 36.1 Å². The van der Waals surface area contributed by atoms with Gasteiger partial charge in [-0.25, -0.2) is 4.79 Å². The molecule has 1 aliphatic heterocycles. The lowest BCUT2D eigenvalue weighted by molar-refractivity contribution is -0.342. The zero-order valence-electron chi connectivity index (χ0n) is 29.1. The van der Waals surface area contributed by atoms with Crippen LogP contribution in [-0.4, -0.2) is 91.6 Å². The number of aldehydes is 1. The van der Waals surface area contributed by atoms with Crippen molar-refractivity contribution in [1.82, 2.24) is 5.32 Å². The SMILES string of the molecule is CNC1Cc2c(cccc2CO)C#CCCC23CC4C=CC5CC(O)CC6(O)CCC(O)(C4C56C=O)C2(O)CC2CC1C1OC(=O)C=C1C23CO. The molecule has 10 nitrogen and oxygen atoms in total. The first-order valence-corrected chi connectivity index (χ1v) is 18.8. The van der Waals surface area contributed by atoms with Crippen molar-refractivity contribution in [3.63, 3.8) is 0 Å². The fraction of sp³-hybridized carbons (Fsp3) is 0.659. The van der Waals surface area contributed by atoms with Crippen LogP contribution in [0.2, 0.25) is 0 Å². The lowest BCUT2D eigenvalue weighted by Crippen LogP contribution is -2.81. The smallest absolute Gasteiger partial charge is 0.331 e. The van der Waals surface area contributed by atoms with Crippen molar-refractivity contribution in [2.45, 2.75) is 106 Å². The second kappa shape index (κ2) is 11.1. The molecule has 1 heterocycles. The second-order valence-corrected chi connectivity index (χ2v) is 17.3. The van der Waals surface area contributed by atoms with E-state index in [2.05, 4.69) is 17.2 Å². The molecule has 4 bridgehead atoms. The number of hydrogen-bond donors (Lipinski definition) is 7. The van der Waals surface area contributed by atoms with Crippen molar-refractivity contribution in [2.75, 3.05) is 13.7 Å². The molecule has 0 amide bonds. The Balaban J connectivity index is 1.29. The molecule has 0 radical (unpaired) electrons. The fourth-order valence-electron chi connectivity index (χ4n) is 14.3. The molecule has 1 aromatic carbocycles. The van der Waals surface area contributed by atoms with E-state index in [4.69, 9.17) is 4.74 Å². The highest BCUT2D eigenvalue weighted by Crippen LogP contribution is 2.81. The van der Waals surface area contributed by atoms with Crippen LogP contribution in [0.25, 0.3) is 0 Å². The normalized spacial score (nSPS) is 50.1. The van der Waals surface area contributed by atoms with E-state index in [1.54, 1.807) is 0 Å². The number of carbonyl (C=O) groups excluding carboxylic acids is 2. The largest absolute Gasteiger partial charge is 0.454 e. The molecular formula is C41H49NO9. The summed E-state index contributed by atoms with van der Waals surface area (Å²) >= 11 is 0. The number of carbonyl (C=O) groups is 2. The monoisotopic (exact) mass is 699 g/mol. The zero-order chi connectivity index (χ0) is 35.8. The predicted molar refractivity (Wildman–Crippen MR) is 183 cm³/mol. The summed E-state index contributed by atoms with van der Waals surface area (Å²) in [6, 6.07) is 5.50. The topological polar surface area (TPSA) is 177 Å². The maximum Gasteiger partial charge on any atom is 0.331 e. The van der Waals surface area contributed by atoms with Gasteiger partial charge in [0.1, 0.15) is 18.0 Å². The average Bonchev–Trinajstić information content (AvgIpc) is 3.61. The van der Waals surface area contributed by atoms with Crippen molar-refractivity contribution < 1.29 is 45.0 Å². The predicted octanol–water partition coefficient (Wildman–Crippen LogP) is 1.46. The summed E-state index contributed by atoms with van der Waals surface area (Å²) in [4.78, 5) is 27.0. The molecule has 0 saturated heterocycles. The van der Waals surface area contributed by atoms with Gasteiger partial charge in [-0.2, -0.15) is 0 Å². The van der Waals surface area contributed by atoms with Gasteiger partial charge in [0.25, 0.3) is 0 Å². The highest BCUT2D eigenvalue weighted by atomic mass is 16.5. The molecular weight excluding hydrogens is 650 g/mol. The molecule has 1 aromatic rings. The van der Waals surface area contributed by atoms with Gasteiger partial charge in [0, 0.05) is 53.2 Å². The van der Waals surface area contributed by atoms with Crippen LogP contribution < -0.4 is 5.32 Å². The highest BCUT2D eigenvalue weighted by Gasteiger charge is 2.86. The second-order valence-electron chi connectivity index (χ2n) is 17.3. The van der Waals surface area contributed by atoms with E-state index in [1.165, 1.54) is 6.08 Å². The van der Waals surface area contributed by atoms with Gasteiger partial charge in [-0.3, -0.25) is 0 Å². The van der Waals surface area contributed by atoms with Crippen molar-refractivity contribution in [1.29, 1.82) is 0 Å². The molecule has 8 aliphatic carbocycles. The minimum absolute atomic E-state index is 0.0173. The fourth-order valence-corrected chi connectivity index (χ4v) is 14.3. The van der Waals surface area contributed by atoms with E-state index >= 15 is 0 Å². The van der Waals surface area contributed by atoms with Gasteiger partial charge in [0.05, 0.1) is 35.9 Å². The van der Waals surface area contributed by atoms with Gasteiger partial charge in [0.2, 0.25) is 0 Å².